The van der Waals surface area contributed by atoms with Crippen LogP contribution in [-0.2, 0) is 0 Å². The summed E-state index contributed by atoms with van der Waals surface area (Å²) in [6.45, 7) is 2.77. The molecule has 18 heavy (non-hydrogen) atoms. The van der Waals surface area contributed by atoms with E-state index in [1.165, 1.54) is 11.3 Å². The summed E-state index contributed by atoms with van der Waals surface area (Å²) in [4.78, 5) is 15.2. The molecular weight excluding hydrogens is 248 g/mol. The van der Waals surface area contributed by atoms with Gasteiger partial charge in [-0.15, -0.1) is 11.3 Å². The van der Waals surface area contributed by atoms with Gasteiger partial charge in [0.15, 0.2) is 0 Å². The van der Waals surface area contributed by atoms with Gasteiger partial charge >= 0.3 is 0 Å². The minimum absolute atomic E-state index is 0.0141. The Morgan fingerprint density at radius 1 is 1.61 bits per heavy atom. The Kier molecular flexibility index (Phi) is 4.24. The van der Waals surface area contributed by atoms with Crippen LogP contribution in [0.25, 0.3) is 0 Å². The van der Waals surface area contributed by atoms with Gasteiger partial charge in [-0.2, -0.15) is 0 Å². The standard InChI is InChI=1S/C13H20N2O2S/c1-9(14)10-5-3-4-7-15(10)13(16)12-11(17-2)6-8-18-12/h6,8-10H,3-5,7,14H2,1-2H3. The van der Waals surface area contributed by atoms with Crippen molar-refractivity contribution >= 4 is 17.2 Å². The number of nitrogens with zero attached hydrogens (tertiary/aromatic N) is 1. The summed E-state index contributed by atoms with van der Waals surface area (Å²) in [6.07, 6.45) is 3.21. The molecule has 2 rings (SSSR count). The van der Waals surface area contributed by atoms with Gasteiger partial charge in [0.1, 0.15) is 10.6 Å². The summed E-state index contributed by atoms with van der Waals surface area (Å²) >= 11 is 1.43. The van der Waals surface area contributed by atoms with Crippen molar-refractivity contribution in [3.8, 4) is 5.75 Å². The van der Waals surface area contributed by atoms with E-state index in [-0.39, 0.29) is 18.0 Å². The maximum absolute atomic E-state index is 12.6. The van der Waals surface area contributed by atoms with Crippen molar-refractivity contribution in [3.05, 3.63) is 16.3 Å². The van der Waals surface area contributed by atoms with Crippen LogP contribution in [0.5, 0.6) is 5.75 Å². The van der Waals surface area contributed by atoms with Crippen molar-refractivity contribution in [1.29, 1.82) is 0 Å². The third-order valence-corrected chi connectivity index (χ3v) is 4.34. The summed E-state index contributed by atoms with van der Waals surface area (Å²) in [6, 6.07) is 2.00. The first kappa shape index (κ1) is 13.4. The molecule has 2 unspecified atom stereocenters. The van der Waals surface area contributed by atoms with Gasteiger partial charge in [0, 0.05) is 18.6 Å². The van der Waals surface area contributed by atoms with Crippen LogP contribution in [0.15, 0.2) is 11.4 Å². The maximum atomic E-state index is 12.6. The molecule has 1 aliphatic rings. The van der Waals surface area contributed by atoms with E-state index in [0.29, 0.717) is 10.6 Å². The van der Waals surface area contributed by atoms with Crippen LogP contribution in [0.1, 0.15) is 35.9 Å². The summed E-state index contributed by atoms with van der Waals surface area (Å²) in [5, 5.41) is 1.89. The molecule has 1 aromatic heterocycles. The number of nitrogens with two attached hydrogens (primary N) is 1. The Balaban J connectivity index is 2.21. The molecular formula is C13H20N2O2S. The van der Waals surface area contributed by atoms with Crippen LogP contribution in [0.4, 0.5) is 0 Å². The predicted molar refractivity (Wildman–Crippen MR) is 73.2 cm³/mol. The van der Waals surface area contributed by atoms with Gasteiger partial charge in [-0.05, 0) is 37.6 Å². The topological polar surface area (TPSA) is 55.6 Å². The number of ether oxygens (including phenoxy) is 1. The van der Waals surface area contributed by atoms with Gasteiger partial charge in [-0.1, -0.05) is 0 Å². The van der Waals surface area contributed by atoms with Gasteiger partial charge in [-0.3, -0.25) is 4.79 Å². The number of likely N-dealkylation sites (tertiary alicyclic amines) is 1. The number of piperidine rings is 1. The van der Waals surface area contributed by atoms with Crippen LogP contribution < -0.4 is 10.5 Å². The molecule has 1 aromatic rings. The molecule has 0 saturated carbocycles. The van der Waals surface area contributed by atoms with E-state index < -0.39 is 0 Å². The molecule has 4 nitrogen and oxygen atoms in total. The van der Waals surface area contributed by atoms with Crippen LogP contribution in [0, 0.1) is 0 Å². The number of amides is 1. The number of carbonyl (C=O) groups excluding carboxylic acids is 1. The zero-order chi connectivity index (χ0) is 13.1. The monoisotopic (exact) mass is 268 g/mol. The smallest absolute Gasteiger partial charge is 0.268 e. The second-order valence-electron chi connectivity index (χ2n) is 4.74. The maximum Gasteiger partial charge on any atom is 0.268 e. The van der Waals surface area contributed by atoms with Crippen LogP contribution >= 0.6 is 11.3 Å². The molecule has 5 heteroatoms. The van der Waals surface area contributed by atoms with Gasteiger partial charge < -0.3 is 15.4 Å². The second-order valence-corrected chi connectivity index (χ2v) is 5.66. The molecule has 0 spiro atoms. The fraction of sp³-hybridized carbons (Fsp3) is 0.615. The Morgan fingerprint density at radius 3 is 3.06 bits per heavy atom. The van der Waals surface area contributed by atoms with Crippen molar-refractivity contribution in [2.75, 3.05) is 13.7 Å². The van der Waals surface area contributed by atoms with Crippen LogP contribution in [-0.4, -0.2) is 36.5 Å². The highest BCUT2D eigenvalue weighted by Gasteiger charge is 2.31. The average Bonchev–Trinajstić information content (AvgIpc) is 2.86. The highest BCUT2D eigenvalue weighted by Crippen LogP contribution is 2.29. The Bertz CT molecular complexity index is 417. The first-order chi connectivity index (χ1) is 8.65. The molecule has 100 valence electrons. The van der Waals surface area contributed by atoms with Crippen molar-refractivity contribution < 1.29 is 9.53 Å². The predicted octanol–water partition coefficient (Wildman–Crippen LogP) is 2.10. The summed E-state index contributed by atoms with van der Waals surface area (Å²) in [5.41, 5.74) is 6.00. The van der Waals surface area contributed by atoms with E-state index in [1.807, 2.05) is 23.3 Å². The number of methoxy groups -OCH3 is 1. The molecule has 0 radical (unpaired) electrons. The highest BCUT2D eigenvalue weighted by atomic mass is 32.1. The summed E-state index contributed by atoms with van der Waals surface area (Å²) in [7, 11) is 1.60. The molecule has 2 heterocycles. The van der Waals surface area contributed by atoms with E-state index >= 15 is 0 Å². The zero-order valence-electron chi connectivity index (χ0n) is 10.9. The number of hydrogen-bond acceptors (Lipinski definition) is 4. The number of carbonyl (C=O) groups is 1. The van der Waals surface area contributed by atoms with E-state index in [0.717, 1.165) is 25.8 Å². The molecule has 2 N–H and O–H groups in total. The zero-order valence-corrected chi connectivity index (χ0v) is 11.7. The van der Waals surface area contributed by atoms with Gasteiger partial charge in [0.2, 0.25) is 0 Å². The molecule has 0 aromatic carbocycles. The minimum Gasteiger partial charge on any atom is -0.495 e. The minimum atomic E-state index is 0.0141. The van der Waals surface area contributed by atoms with Gasteiger partial charge in [0.25, 0.3) is 5.91 Å². The summed E-state index contributed by atoms with van der Waals surface area (Å²) in [5.74, 6) is 0.725. The lowest BCUT2D eigenvalue weighted by molar-refractivity contribution is 0.0586. The quantitative estimate of drug-likeness (QED) is 0.913. The fourth-order valence-corrected chi connectivity index (χ4v) is 3.31. The van der Waals surface area contributed by atoms with E-state index in [2.05, 4.69) is 0 Å². The van der Waals surface area contributed by atoms with Crippen LogP contribution in [0.2, 0.25) is 0 Å². The Labute approximate surface area is 112 Å². The molecule has 0 bridgehead atoms. The molecule has 1 fully saturated rings. The molecule has 1 saturated heterocycles. The first-order valence-corrected chi connectivity index (χ1v) is 7.21. The molecule has 1 aliphatic heterocycles. The lowest BCUT2D eigenvalue weighted by Crippen LogP contribution is -2.51. The van der Waals surface area contributed by atoms with Crippen molar-refractivity contribution in [2.24, 2.45) is 5.73 Å². The largest absolute Gasteiger partial charge is 0.495 e. The van der Waals surface area contributed by atoms with E-state index in [1.54, 1.807) is 7.11 Å². The number of hydrogen-bond donors (Lipinski definition) is 1. The Morgan fingerprint density at radius 2 is 2.39 bits per heavy atom. The Hall–Kier alpha value is -1.07. The van der Waals surface area contributed by atoms with Crippen LogP contribution in [0.3, 0.4) is 0 Å². The lowest BCUT2D eigenvalue weighted by atomic mass is 9.97. The van der Waals surface area contributed by atoms with E-state index in [4.69, 9.17) is 10.5 Å². The normalized spacial score (nSPS) is 21.7. The molecule has 2 atom stereocenters. The van der Waals surface area contributed by atoms with Crippen molar-refractivity contribution in [3.63, 3.8) is 0 Å². The summed E-state index contributed by atoms with van der Waals surface area (Å²) < 4.78 is 5.22. The third-order valence-electron chi connectivity index (χ3n) is 3.46. The van der Waals surface area contributed by atoms with E-state index in [9.17, 15) is 4.79 Å². The van der Waals surface area contributed by atoms with Crippen molar-refractivity contribution in [1.82, 2.24) is 4.90 Å². The average molecular weight is 268 g/mol. The fourth-order valence-electron chi connectivity index (χ4n) is 2.50. The first-order valence-electron chi connectivity index (χ1n) is 6.33. The third kappa shape index (κ3) is 2.52. The SMILES string of the molecule is COc1ccsc1C(=O)N1CCCCC1C(C)N. The molecule has 0 aliphatic carbocycles. The lowest BCUT2D eigenvalue weighted by Gasteiger charge is -2.37. The number of thiophene rings is 1. The number of rotatable bonds is 3. The second kappa shape index (κ2) is 5.71. The van der Waals surface area contributed by atoms with Gasteiger partial charge in [-0.25, -0.2) is 0 Å². The van der Waals surface area contributed by atoms with Crippen molar-refractivity contribution in [2.45, 2.75) is 38.3 Å². The van der Waals surface area contributed by atoms with Gasteiger partial charge in [0.05, 0.1) is 7.11 Å². The highest BCUT2D eigenvalue weighted by molar-refractivity contribution is 7.12. The molecule has 1 amide bonds.